The van der Waals surface area contributed by atoms with E-state index in [-0.39, 0.29) is 37.3 Å². The molecule has 2 aliphatic rings. The van der Waals surface area contributed by atoms with Crippen molar-refractivity contribution in [1.29, 1.82) is 0 Å². The smallest absolute Gasteiger partial charge is 0.341 e. The van der Waals surface area contributed by atoms with Crippen molar-refractivity contribution in [3.05, 3.63) is 29.3 Å². The van der Waals surface area contributed by atoms with E-state index in [0.717, 1.165) is 44.1 Å². The van der Waals surface area contributed by atoms with Crippen LogP contribution >= 0.6 is 0 Å². The Morgan fingerprint density at radius 1 is 1.19 bits per heavy atom. The number of benzene rings is 1. The molecule has 0 radical (unpaired) electrons. The number of aliphatic carboxylic acids is 1. The van der Waals surface area contributed by atoms with E-state index in [0.29, 0.717) is 24.2 Å². The van der Waals surface area contributed by atoms with E-state index in [1.54, 1.807) is 0 Å². The lowest BCUT2D eigenvalue weighted by Gasteiger charge is -2.32. The molecule has 1 aromatic rings. The third-order valence-corrected chi connectivity index (χ3v) is 6.70. The summed E-state index contributed by atoms with van der Waals surface area (Å²) in [5.74, 6) is 0.204. The fourth-order valence-corrected chi connectivity index (χ4v) is 5.21. The van der Waals surface area contributed by atoms with Crippen molar-refractivity contribution < 1.29 is 34.0 Å². The van der Waals surface area contributed by atoms with Gasteiger partial charge in [-0.3, -0.25) is 0 Å². The molecule has 2 aliphatic carbocycles. The van der Waals surface area contributed by atoms with Gasteiger partial charge in [-0.2, -0.15) is 0 Å². The lowest BCUT2D eigenvalue weighted by atomic mass is 9.73. The van der Waals surface area contributed by atoms with Crippen LogP contribution in [-0.2, 0) is 31.9 Å². The van der Waals surface area contributed by atoms with Gasteiger partial charge in [-0.1, -0.05) is 19.1 Å². The normalized spacial score (nSPS) is 25.4. The summed E-state index contributed by atoms with van der Waals surface area (Å²) in [4.78, 5) is 22.8. The molecule has 0 unspecified atom stereocenters. The van der Waals surface area contributed by atoms with Gasteiger partial charge in [-0.05, 0) is 80.4 Å². The molecule has 5 atom stereocenters. The van der Waals surface area contributed by atoms with Crippen molar-refractivity contribution in [2.75, 3.05) is 19.8 Å². The summed E-state index contributed by atoms with van der Waals surface area (Å²) in [6.07, 6.45) is 4.14. The van der Waals surface area contributed by atoms with Crippen molar-refractivity contribution >= 4 is 11.9 Å². The lowest BCUT2D eigenvalue weighted by Crippen LogP contribution is -2.29. The lowest BCUT2D eigenvalue weighted by molar-refractivity contribution is -0.155. The number of hydrogen-bond donors (Lipinski definition) is 2. The van der Waals surface area contributed by atoms with Crippen LogP contribution in [0.1, 0.15) is 50.7 Å². The van der Waals surface area contributed by atoms with Crippen molar-refractivity contribution in [3.63, 3.8) is 0 Å². The van der Waals surface area contributed by atoms with Gasteiger partial charge >= 0.3 is 11.9 Å². The van der Waals surface area contributed by atoms with Crippen molar-refractivity contribution in [3.8, 4) is 5.75 Å². The van der Waals surface area contributed by atoms with Crippen LogP contribution in [0.3, 0.4) is 0 Å². The zero-order chi connectivity index (χ0) is 22.4. The Morgan fingerprint density at radius 3 is 2.71 bits per heavy atom. The summed E-state index contributed by atoms with van der Waals surface area (Å²) in [7, 11) is 0. The highest BCUT2D eigenvalue weighted by Crippen LogP contribution is 2.48. The average molecular weight is 435 g/mol. The number of ether oxygens (including phenoxy) is 3. The Morgan fingerprint density at radius 2 is 2.00 bits per heavy atom. The summed E-state index contributed by atoms with van der Waals surface area (Å²) in [5.41, 5.74) is 2.26. The van der Waals surface area contributed by atoms with Crippen LogP contribution in [0.15, 0.2) is 18.2 Å². The molecule has 7 nitrogen and oxygen atoms in total. The van der Waals surface area contributed by atoms with Crippen molar-refractivity contribution in [2.45, 2.75) is 64.6 Å². The molecule has 7 heteroatoms. The molecule has 1 fully saturated rings. The summed E-state index contributed by atoms with van der Waals surface area (Å²) < 4.78 is 16.2. The number of carbonyl (C=O) groups is 2. The maximum Gasteiger partial charge on any atom is 0.341 e. The van der Waals surface area contributed by atoms with E-state index in [1.807, 2.05) is 26.0 Å². The van der Waals surface area contributed by atoms with Crippen LogP contribution < -0.4 is 4.74 Å². The molecule has 0 bridgehead atoms. The predicted octanol–water partition coefficient (Wildman–Crippen LogP) is 3.00. The zero-order valence-corrected chi connectivity index (χ0v) is 18.4. The number of hydrogen-bond acceptors (Lipinski definition) is 6. The summed E-state index contributed by atoms with van der Waals surface area (Å²) in [6, 6.07) is 5.81. The molecule has 1 saturated carbocycles. The first-order chi connectivity index (χ1) is 14.9. The van der Waals surface area contributed by atoms with Gasteiger partial charge in [0.15, 0.2) is 6.61 Å². The molecule has 0 heterocycles. The molecule has 0 saturated heterocycles. The van der Waals surface area contributed by atoms with E-state index < -0.39 is 5.97 Å². The first-order valence-electron chi connectivity index (χ1n) is 11.3. The van der Waals surface area contributed by atoms with E-state index in [4.69, 9.17) is 19.3 Å². The molecule has 172 valence electrons. The van der Waals surface area contributed by atoms with Crippen LogP contribution in [0, 0.1) is 17.8 Å². The Kier molecular flexibility index (Phi) is 8.32. The fraction of sp³-hybridized carbons (Fsp3) is 0.667. The topological polar surface area (TPSA) is 102 Å². The number of aliphatic hydroxyl groups excluding tert-OH is 1. The van der Waals surface area contributed by atoms with Gasteiger partial charge in [0.05, 0.1) is 6.10 Å². The minimum atomic E-state index is -0.991. The first-order valence-corrected chi connectivity index (χ1v) is 11.3. The van der Waals surface area contributed by atoms with E-state index in [2.05, 4.69) is 6.07 Å². The van der Waals surface area contributed by atoms with Crippen LogP contribution in [0.4, 0.5) is 0 Å². The van der Waals surface area contributed by atoms with Crippen LogP contribution in [0.25, 0.3) is 0 Å². The van der Waals surface area contributed by atoms with Crippen LogP contribution in [-0.4, -0.2) is 54.2 Å². The standard InChI is InChI=1S/C24H34O7/c1-3-17(31-24(28)14-29-4-2)8-9-18-19-10-15-6-5-7-22(30-13-23(26)27)20(15)11-16(19)12-21(18)25/h5-7,16-19,21,25H,3-4,8-14H2,1-2H3,(H,26,27)/t16-,17-,18+,19-,21+/m0/s1. The van der Waals surface area contributed by atoms with Gasteiger partial charge < -0.3 is 24.4 Å². The zero-order valence-electron chi connectivity index (χ0n) is 18.4. The van der Waals surface area contributed by atoms with Crippen molar-refractivity contribution in [2.24, 2.45) is 17.8 Å². The number of aliphatic hydroxyl groups is 1. The van der Waals surface area contributed by atoms with E-state index in [9.17, 15) is 14.7 Å². The number of carboxylic acids is 1. The Labute approximate surface area is 183 Å². The first kappa shape index (κ1) is 23.5. The predicted molar refractivity (Wildman–Crippen MR) is 114 cm³/mol. The minimum Gasteiger partial charge on any atom is -0.482 e. The molecule has 2 N–H and O–H groups in total. The summed E-state index contributed by atoms with van der Waals surface area (Å²) in [5, 5.41) is 19.7. The fourth-order valence-electron chi connectivity index (χ4n) is 5.21. The Hall–Kier alpha value is -2.12. The molecule has 31 heavy (non-hydrogen) atoms. The highest BCUT2D eigenvalue weighted by molar-refractivity contribution is 5.70. The Balaban J connectivity index is 1.62. The van der Waals surface area contributed by atoms with Crippen LogP contribution in [0.5, 0.6) is 5.75 Å². The quantitative estimate of drug-likeness (QED) is 0.516. The molecule has 3 rings (SSSR count). The third kappa shape index (κ3) is 5.98. The van der Waals surface area contributed by atoms with Gasteiger partial charge in [0, 0.05) is 6.61 Å². The molecule has 0 aliphatic heterocycles. The van der Waals surface area contributed by atoms with Gasteiger partial charge in [0.1, 0.15) is 18.5 Å². The van der Waals surface area contributed by atoms with Gasteiger partial charge in [-0.25, -0.2) is 9.59 Å². The molecule has 0 spiro atoms. The number of esters is 1. The second kappa shape index (κ2) is 11.0. The molecular weight excluding hydrogens is 400 g/mol. The average Bonchev–Trinajstić information content (AvgIpc) is 3.05. The summed E-state index contributed by atoms with van der Waals surface area (Å²) in [6.45, 7) is 3.95. The van der Waals surface area contributed by atoms with Gasteiger partial charge in [-0.15, -0.1) is 0 Å². The maximum absolute atomic E-state index is 11.9. The number of carbonyl (C=O) groups excluding carboxylic acids is 1. The Bertz CT molecular complexity index is 762. The number of rotatable bonds is 11. The SMILES string of the molecule is CCOCC(=O)O[C@@H](CC)CC[C@@H]1[C@H]2Cc3cccc(OCC(=O)O)c3C[C@H]2C[C@H]1O. The highest BCUT2D eigenvalue weighted by Gasteiger charge is 2.45. The molecular formula is C24H34O7. The van der Waals surface area contributed by atoms with Gasteiger partial charge in [0.2, 0.25) is 0 Å². The van der Waals surface area contributed by atoms with Crippen molar-refractivity contribution in [1.82, 2.24) is 0 Å². The summed E-state index contributed by atoms with van der Waals surface area (Å²) >= 11 is 0. The highest BCUT2D eigenvalue weighted by atomic mass is 16.6. The second-order valence-electron chi connectivity index (χ2n) is 8.61. The maximum atomic E-state index is 11.9. The molecule has 0 amide bonds. The molecule has 0 aromatic heterocycles. The van der Waals surface area contributed by atoms with Crippen LogP contribution in [0.2, 0.25) is 0 Å². The minimum absolute atomic E-state index is 0.0210. The van der Waals surface area contributed by atoms with E-state index >= 15 is 0 Å². The number of carboxylic acid groups (broad SMARTS) is 1. The van der Waals surface area contributed by atoms with Gasteiger partial charge in [0.25, 0.3) is 0 Å². The largest absolute Gasteiger partial charge is 0.482 e. The third-order valence-electron chi connectivity index (χ3n) is 6.70. The number of fused-ring (bicyclic) bond motifs is 2. The van der Waals surface area contributed by atoms with E-state index in [1.165, 1.54) is 5.56 Å². The molecule has 1 aromatic carbocycles. The monoisotopic (exact) mass is 434 g/mol. The second-order valence-corrected chi connectivity index (χ2v) is 8.61.